The molecule has 5 rings (SSSR count). The Kier molecular flexibility index (Phi) is 6.47. The summed E-state index contributed by atoms with van der Waals surface area (Å²) in [5, 5.41) is 4.70. The van der Waals surface area contributed by atoms with Crippen LogP contribution in [0.3, 0.4) is 0 Å². The minimum absolute atomic E-state index is 0.0379. The second kappa shape index (κ2) is 9.70. The molecule has 0 saturated heterocycles. The summed E-state index contributed by atoms with van der Waals surface area (Å²) in [6, 6.07) is 19.1. The lowest BCUT2D eigenvalue weighted by Gasteiger charge is -2.18. The summed E-state index contributed by atoms with van der Waals surface area (Å²) in [6.45, 7) is 1.80. The molecule has 2 heterocycles. The first kappa shape index (κ1) is 23.4. The number of amides is 1. The molecule has 35 heavy (non-hydrogen) atoms. The Morgan fingerprint density at radius 3 is 2.60 bits per heavy atom. The number of hydrogen-bond donors (Lipinski definition) is 1. The van der Waals surface area contributed by atoms with Crippen molar-refractivity contribution in [2.45, 2.75) is 19.4 Å². The van der Waals surface area contributed by atoms with Gasteiger partial charge in [-0.25, -0.2) is 4.98 Å². The third-order valence-electron chi connectivity index (χ3n) is 5.37. The molecule has 0 fully saturated rings. The monoisotopic (exact) mass is 524 g/mol. The molecule has 1 amide bonds. The minimum atomic E-state index is -0.958. The molecule has 1 N–H and O–H groups in total. The standard InChI is InChI=1S/C26H18Cl2N2O4S/c1-2-19(25(32)30-26-29-18-12-11-16(28)13-21(18)35-26)33-24-22(31)17-5-3-4-6-20(17)34-23(24)14-7-9-15(27)10-8-14/h3-13,19H,2H2,1H3,(H,29,30,32). The van der Waals surface area contributed by atoms with Gasteiger partial charge in [0.05, 0.1) is 15.6 Å². The number of thiazole rings is 1. The number of rotatable bonds is 6. The number of nitrogens with zero attached hydrogens (tertiary/aromatic N) is 1. The first-order valence-corrected chi connectivity index (χ1v) is 12.4. The molecule has 1 unspecified atom stereocenters. The summed E-state index contributed by atoms with van der Waals surface area (Å²) >= 11 is 13.4. The van der Waals surface area contributed by atoms with E-state index in [0.717, 1.165) is 10.2 Å². The largest absolute Gasteiger partial charge is 0.473 e. The van der Waals surface area contributed by atoms with Crippen LogP contribution in [0.1, 0.15) is 13.3 Å². The number of benzene rings is 3. The number of halogens is 2. The van der Waals surface area contributed by atoms with Gasteiger partial charge in [0.25, 0.3) is 5.91 Å². The van der Waals surface area contributed by atoms with Gasteiger partial charge in [0, 0.05) is 15.6 Å². The van der Waals surface area contributed by atoms with Gasteiger partial charge >= 0.3 is 0 Å². The van der Waals surface area contributed by atoms with Crippen molar-refractivity contribution in [2.75, 3.05) is 5.32 Å². The smallest absolute Gasteiger partial charge is 0.267 e. The number of ether oxygens (including phenoxy) is 1. The Labute approximate surface area is 214 Å². The zero-order valence-electron chi connectivity index (χ0n) is 18.4. The number of hydrogen-bond acceptors (Lipinski definition) is 6. The molecule has 0 aliphatic rings. The summed E-state index contributed by atoms with van der Waals surface area (Å²) in [5.41, 5.74) is 1.38. The first-order chi connectivity index (χ1) is 16.9. The van der Waals surface area contributed by atoms with Crippen LogP contribution >= 0.6 is 34.5 Å². The van der Waals surface area contributed by atoms with Crippen LogP contribution in [-0.2, 0) is 4.79 Å². The van der Waals surface area contributed by atoms with Crippen molar-refractivity contribution in [1.29, 1.82) is 0 Å². The molecule has 1 atom stereocenters. The van der Waals surface area contributed by atoms with Crippen molar-refractivity contribution >= 4 is 66.8 Å². The molecule has 0 saturated carbocycles. The molecule has 9 heteroatoms. The van der Waals surface area contributed by atoms with E-state index in [-0.39, 0.29) is 16.9 Å². The number of fused-ring (bicyclic) bond motifs is 2. The maximum Gasteiger partial charge on any atom is 0.267 e. The highest BCUT2D eigenvalue weighted by molar-refractivity contribution is 7.22. The average Bonchev–Trinajstić information content (AvgIpc) is 3.25. The van der Waals surface area contributed by atoms with E-state index in [2.05, 4.69) is 10.3 Å². The lowest BCUT2D eigenvalue weighted by molar-refractivity contribution is -0.122. The lowest BCUT2D eigenvalue weighted by atomic mass is 10.1. The fraction of sp³-hybridized carbons (Fsp3) is 0.115. The topological polar surface area (TPSA) is 81.4 Å². The lowest BCUT2D eigenvalue weighted by Crippen LogP contribution is -2.34. The SMILES string of the molecule is CCC(Oc1c(-c2ccc(Cl)cc2)oc2ccccc2c1=O)C(=O)Nc1nc2ccc(Cl)cc2s1. The summed E-state index contributed by atoms with van der Waals surface area (Å²) in [7, 11) is 0. The quantitative estimate of drug-likeness (QED) is 0.254. The highest BCUT2D eigenvalue weighted by atomic mass is 35.5. The maximum absolute atomic E-state index is 13.4. The molecule has 0 aliphatic heterocycles. The number of aromatic nitrogens is 1. The molecule has 5 aromatic rings. The Morgan fingerprint density at radius 1 is 1.09 bits per heavy atom. The summed E-state index contributed by atoms with van der Waals surface area (Å²) in [6.07, 6.45) is -0.643. The molecule has 0 bridgehead atoms. The van der Waals surface area contributed by atoms with Gasteiger partial charge in [-0.3, -0.25) is 14.9 Å². The van der Waals surface area contributed by atoms with Gasteiger partial charge in [0.1, 0.15) is 5.58 Å². The zero-order chi connectivity index (χ0) is 24.5. The summed E-state index contributed by atoms with van der Waals surface area (Å²) in [5.74, 6) is -0.234. The third-order valence-corrected chi connectivity index (χ3v) is 6.79. The van der Waals surface area contributed by atoms with Crippen LogP contribution in [0.2, 0.25) is 10.0 Å². The zero-order valence-corrected chi connectivity index (χ0v) is 20.7. The van der Waals surface area contributed by atoms with Crippen LogP contribution in [-0.4, -0.2) is 17.0 Å². The Hall–Kier alpha value is -3.39. The van der Waals surface area contributed by atoms with Gasteiger partial charge in [-0.1, -0.05) is 53.6 Å². The van der Waals surface area contributed by atoms with Crippen LogP contribution in [0.5, 0.6) is 5.75 Å². The number of anilines is 1. The van der Waals surface area contributed by atoms with Gasteiger partial charge in [-0.15, -0.1) is 0 Å². The minimum Gasteiger partial charge on any atom is -0.473 e. The van der Waals surface area contributed by atoms with Crippen LogP contribution < -0.4 is 15.5 Å². The molecule has 0 radical (unpaired) electrons. The van der Waals surface area contributed by atoms with Crippen LogP contribution in [0.15, 0.2) is 75.9 Å². The van der Waals surface area contributed by atoms with E-state index in [9.17, 15) is 9.59 Å². The van der Waals surface area contributed by atoms with E-state index < -0.39 is 12.0 Å². The molecular weight excluding hydrogens is 507 g/mol. The first-order valence-electron chi connectivity index (χ1n) is 10.8. The number of carbonyl (C=O) groups is 1. The fourth-order valence-electron chi connectivity index (χ4n) is 3.63. The fourth-order valence-corrected chi connectivity index (χ4v) is 4.90. The van der Waals surface area contributed by atoms with E-state index in [1.165, 1.54) is 11.3 Å². The Bertz CT molecular complexity index is 1610. The van der Waals surface area contributed by atoms with E-state index in [1.54, 1.807) is 73.7 Å². The van der Waals surface area contributed by atoms with Crippen LogP contribution in [0.4, 0.5) is 5.13 Å². The van der Waals surface area contributed by atoms with Crippen molar-refractivity contribution in [3.8, 4) is 17.1 Å². The van der Waals surface area contributed by atoms with Crippen LogP contribution in [0, 0.1) is 0 Å². The molecule has 0 spiro atoms. The number of nitrogens with one attached hydrogen (secondary N) is 1. The van der Waals surface area contributed by atoms with Crippen molar-refractivity contribution in [3.63, 3.8) is 0 Å². The highest BCUT2D eigenvalue weighted by Crippen LogP contribution is 2.33. The van der Waals surface area contributed by atoms with Gasteiger partial charge in [-0.2, -0.15) is 0 Å². The predicted molar refractivity (Wildman–Crippen MR) is 141 cm³/mol. The van der Waals surface area contributed by atoms with Gasteiger partial charge < -0.3 is 9.15 Å². The molecular formula is C26H18Cl2N2O4S. The Morgan fingerprint density at radius 2 is 1.83 bits per heavy atom. The van der Waals surface area contributed by atoms with Crippen LogP contribution in [0.25, 0.3) is 32.5 Å². The van der Waals surface area contributed by atoms with Crippen molar-refractivity contribution in [1.82, 2.24) is 4.98 Å². The van der Waals surface area contributed by atoms with Gasteiger partial charge in [-0.05, 0) is 61.0 Å². The maximum atomic E-state index is 13.4. The molecule has 3 aromatic carbocycles. The van der Waals surface area contributed by atoms with Gasteiger partial charge in [0.15, 0.2) is 17.0 Å². The van der Waals surface area contributed by atoms with E-state index in [1.807, 2.05) is 0 Å². The average molecular weight is 525 g/mol. The van der Waals surface area contributed by atoms with E-state index in [4.69, 9.17) is 32.4 Å². The molecule has 6 nitrogen and oxygen atoms in total. The summed E-state index contributed by atoms with van der Waals surface area (Å²) in [4.78, 5) is 30.9. The van der Waals surface area contributed by atoms with E-state index in [0.29, 0.717) is 38.1 Å². The highest BCUT2D eigenvalue weighted by Gasteiger charge is 2.25. The normalized spacial score (nSPS) is 12.1. The number of carbonyl (C=O) groups excluding carboxylic acids is 1. The van der Waals surface area contributed by atoms with E-state index >= 15 is 0 Å². The molecule has 0 aliphatic carbocycles. The summed E-state index contributed by atoms with van der Waals surface area (Å²) < 4.78 is 13.0. The second-order valence-electron chi connectivity index (χ2n) is 7.73. The molecule has 2 aromatic heterocycles. The third kappa shape index (κ3) is 4.75. The molecule has 176 valence electrons. The van der Waals surface area contributed by atoms with Crippen molar-refractivity contribution in [2.24, 2.45) is 0 Å². The number of para-hydroxylation sites is 1. The van der Waals surface area contributed by atoms with Gasteiger partial charge in [0.2, 0.25) is 11.2 Å². The van der Waals surface area contributed by atoms with Crippen molar-refractivity contribution in [3.05, 3.63) is 87.0 Å². The Balaban J connectivity index is 1.51. The predicted octanol–water partition coefficient (Wildman–Crippen LogP) is 7.17. The second-order valence-corrected chi connectivity index (χ2v) is 9.63. The van der Waals surface area contributed by atoms with Crippen molar-refractivity contribution < 1.29 is 13.9 Å².